The number of aromatic amines is 2. The van der Waals surface area contributed by atoms with Crippen LogP contribution in [0.2, 0.25) is 0 Å². The Morgan fingerprint density at radius 3 is 1.61 bits per heavy atom. The van der Waals surface area contributed by atoms with Crippen LogP contribution in [0.5, 0.6) is 0 Å². The number of nitrogens with one attached hydrogen (secondary N) is 4. The predicted octanol–water partition coefficient (Wildman–Crippen LogP) is 2.12. The molecule has 14 heteroatoms. The Labute approximate surface area is 206 Å². The van der Waals surface area contributed by atoms with Crippen molar-refractivity contribution in [2.24, 2.45) is 0 Å². The molecule has 2 rings (SSSR count). The van der Waals surface area contributed by atoms with E-state index in [0.717, 1.165) is 25.7 Å². The summed E-state index contributed by atoms with van der Waals surface area (Å²) < 4.78 is 26.4. The summed E-state index contributed by atoms with van der Waals surface area (Å²) in [6.45, 7) is 10.7. The first kappa shape index (κ1) is 34.3. The highest BCUT2D eigenvalue weighted by molar-refractivity contribution is 5.76. The summed E-state index contributed by atoms with van der Waals surface area (Å²) in [5.41, 5.74) is -4.21. The second kappa shape index (κ2) is 19.5. The SMILES string of the molecule is CC.CCC.CCCCCCNC(=O)n1cc(F)c(=O)[nH]c1=O.CNC(=O)n1cc(F)c(=O)[nH]c1=O. The zero-order chi connectivity index (χ0) is 28.3. The number of carbonyl (C=O) groups is 2. The summed E-state index contributed by atoms with van der Waals surface area (Å²) in [5.74, 6) is -2.36. The van der Waals surface area contributed by atoms with Crippen LogP contribution in [0.15, 0.2) is 31.6 Å². The summed E-state index contributed by atoms with van der Waals surface area (Å²) in [6, 6.07) is -1.56. The second-order valence-electron chi connectivity index (χ2n) is 6.77. The third-order valence-electron chi connectivity index (χ3n) is 3.76. The molecule has 0 unspecified atom stereocenters. The molecule has 0 aliphatic heterocycles. The summed E-state index contributed by atoms with van der Waals surface area (Å²) in [6.07, 6.45) is 6.29. The van der Waals surface area contributed by atoms with Gasteiger partial charge in [-0.2, -0.15) is 8.78 Å². The van der Waals surface area contributed by atoms with Crippen LogP contribution in [0, 0.1) is 11.6 Å². The van der Waals surface area contributed by atoms with Gasteiger partial charge in [-0.05, 0) is 6.42 Å². The molecule has 0 aliphatic rings. The number of aromatic nitrogens is 4. The van der Waals surface area contributed by atoms with E-state index in [2.05, 4.69) is 31.4 Å². The van der Waals surface area contributed by atoms with E-state index in [9.17, 15) is 37.5 Å². The number of amides is 2. The third kappa shape index (κ3) is 12.6. The van der Waals surface area contributed by atoms with Crippen LogP contribution in [0.1, 0.15) is 66.7 Å². The van der Waals surface area contributed by atoms with Gasteiger partial charge in [0, 0.05) is 13.6 Å². The van der Waals surface area contributed by atoms with Crippen molar-refractivity contribution >= 4 is 12.1 Å². The van der Waals surface area contributed by atoms with Crippen LogP contribution in [-0.2, 0) is 0 Å². The monoisotopic (exact) mass is 518 g/mol. The van der Waals surface area contributed by atoms with Gasteiger partial charge in [-0.1, -0.05) is 60.3 Å². The van der Waals surface area contributed by atoms with Crippen molar-refractivity contribution in [2.45, 2.75) is 66.7 Å². The van der Waals surface area contributed by atoms with Gasteiger partial charge in [0.2, 0.25) is 11.6 Å². The molecule has 0 saturated heterocycles. The molecule has 0 aliphatic carbocycles. The molecule has 0 saturated carbocycles. The van der Waals surface area contributed by atoms with Crippen molar-refractivity contribution < 1.29 is 18.4 Å². The van der Waals surface area contributed by atoms with Gasteiger partial charge in [-0.25, -0.2) is 28.3 Å². The number of unbranched alkanes of at least 4 members (excludes halogenated alkanes) is 3. The summed E-state index contributed by atoms with van der Waals surface area (Å²) in [5, 5.41) is 4.58. The number of hydrogen-bond donors (Lipinski definition) is 4. The van der Waals surface area contributed by atoms with Crippen LogP contribution in [0.4, 0.5) is 18.4 Å². The van der Waals surface area contributed by atoms with Crippen LogP contribution in [0.3, 0.4) is 0 Å². The number of H-pyrrole nitrogens is 2. The first-order chi connectivity index (χ1) is 17.0. The highest BCUT2D eigenvalue weighted by Crippen LogP contribution is 1.97. The zero-order valence-electron chi connectivity index (χ0n) is 21.5. The summed E-state index contributed by atoms with van der Waals surface area (Å²) in [4.78, 5) is 69.2. The van der Waals surface area contributed by atoms with E-state index in [0.29, 0.717) is 28.1 Å². The second-order valence-corrected chi connectivity index (χ2v) is 6.77. The van der Waals surface area contributed by atoms with E-state index in [4.69, 9.17) is 0 Å². The van der Waals surface area contributed by atoms with E-state index in [1.54, 1.807) is 9.97 Å². The maximum absolute atomic E-state index is 12.9. The Balaban J connectivity index is 0. The number of carbonyl (C=O) groups excluding carboxylic acids is 2. The Bertz CT molecular complexity index is 1170. The van der Waals surface area contributed by atoms with E-state index in [1.807, 2.05) is 13.8 Å². The Morgan fingerprint density at radius 1 is 0.806 bits per heavy atom. The molecule has 2 aromatic rings. The summed E-state index contributed by atoms with van der Waals surface area (Å²) >= 11 is 0. The predicted molar refractivity (Wildman–Crippen MR) is 133 cm³/mol. The quantitative estimate of drug-likeness (QED) is 0.442. The van der Waals surface area contributed by atoms with Gasteiger partial charge in [-0.15, -0.1) is 0 Å². The molecular formula is C22H36F2N6O6. The molecule has 12 nitrogen and oxygen atoms in total. The molecule has 2 heterocycles. The smallest absolute Gasteiger partial charge is 0.336 e. The Hall–Kier alpha value is -3.84. The molecule has 0 radical (unpaired) electrons. The van der Waals surface area contributed by atoms with E-state index in [-0.39, 0.29) is 0 Å². The average molecular weight is 519 g/mol. The lowest BCUT2D eigenvalue weighted by Gasteiger charge is -2.06. The van der Waals surface area contributed by atoms with Crippen molar-refractivity contribution in [3.05, 3.63) is 65.7 Å². The molecule has 2 amide bonds. The van der Waals surface area contributed by atoms with Gasteiger partial charge in [0.1, 0.15) is 0 Å². The van der Waals surface area contributed by atoms with Crippen molar-refractivity contribution in [1.82, 2.24) is 29.7 Å². The van der Waals surface area contributed by atoms with Gasteiger partial charge < -0.3 is 10.6 Å². The molecular weight excluding hydrogens is 482 g/mol. The normalized spacial score (nSPS) is 9.33. The highest BCUT2D eigenvalue weighted by atomic mass is 19.1. The highest BCUT2D eigenvalue weighted by Gasteiger charge is 2.10. The van der Waals surface area contributed by atoms with Gasteiger partial charge >= 0.3 is 23.4 Å². The number of rotatable bonds is 5. The minimum Gasteiger partial charge on any atom is -0.340 e. The van der Waals surface area contributed by atoms with Crippen LogP contribution >= 0.6 is 0 Å². The fourth-order valence-electron chi connectivity index (χ4n) is 2.15. The largest absolute Gasteiger partial charge is 0.340 e. The molecule has 0 atom stereocenters. The Kier molecular flexibility index (Phi) is 18.6. The molecule has 0 bridgehead atoms. The lowest BCUT2D eigenvalue weighted by atomic mass is 10.2. The molecule has 2 aromatic heterocycles. The maximum Gasteiger partial charge on any atom is 0.336 e. The Morgan fingerprint density at radius 2 is 1.22 bits per heavy atom. The standard InChI is InChI=1S/C11H16FN3O3.C6H6FN3O3.C3H8.C2H6/c1-2-3-4-5-6-13-10(17)15-7-8(12)9(16)14-11(15)18;1-8-5(12)10-2-3(7)4(11)9-6(10)13;1-3-2;1-2/h7H,2-6H2,1H3,(H,13,17)(H,14,16,18);2H,1H3,(H,8,12)(H,9,11,13);3H2,1-2H3;1-2H3. The first-order valence-electron chi connectivity index (χ1n) is 11.6. The van der Waals surface area contributed by atoms with Crippen LogP contribution in [0.25, 0.3) is 0 Å². The summed E-state index contributed by atoms with van der Waals surface area (Å²) in [7, 11) is 1.28. The molecule has 4 N–H and O–H groups in total. The molecule has 0 spiro atoms. The van der Waals surface area contributed by atoms with E-state index < -0.39 is 46.2 Å². The molecule has 0 aromatic carbocycles. The zero-order valence-corrected chi connectivity index (χ0v) is 21.5. The average Bonchev–Trinajstić information content (AvgIpc) is 2.85. The molecule has 0 fully saturated rings. The number of hydrogen-bond acceptors (Lipinski definition) is 6. The minimum atomic E-state index is -1.19. The van der Waals surface area contributed by atoms with Crippen LogP contribution < -0.4 is 33.1 Å². The maximum atomic E-state index is 12.9. The van der Waals surface area contributed by atoms with Crippen molar-refractivity contribution in [3.8, 4) is 0 Å². The number of halogens is 2. The van der Waals surface area contributed by atoms with Crippen LogP contribution in [-0.4, -0.2) is 44.8 Å². The molecule has 204 valence electrons. The fourth-order valence-corrected chi connectivity index (χ4v) is 2.15. The van der Waals surface area contributed by atoms with Crippen molar-refractivity contribution in [2.75, 3.05) is 13.6 Å². The number of nitrogens with zero attached hydrogens (tertiary/aromatic N) is 2. The van der Waals surface area contributed by atoms with Crippen molar-refractivity contribution in [1.29, 1.82) is 0 Å². The third-order valence-corrected chi connectivity index (χ3v) is 3.76. The fraction of sp³-hybridized carbons (Fsp3) is 0.545. The molecule has 36 heavy (non-hydrogen) atoms. The van der Waals surface area contributed by atoms with Gasteiger partial charge in [0.25, 0.3) is 11.1 Å². The topological polar surface area (TPSA) is 168 Å². The van der Waals surface area contributed by atoms with Gasteiger partial charge in [0.15, 0.2) is 0 Å². The first-order valence-corrected chi connectivity index (χ1v) is 11.6. The lowest BCUT2D eigenvalue weighted by Crippen LogP contribution is -2.40. The van der Waals surface area contributed by atoms with Gasteiger partial charge in [0.05, 0.1) is 12.4 Å². The van der Waals surface area contributed by atoms with Crippen molar-refractivity contribution in [3.63, 3.8) is 0 Å². The minimum absolute atomic E-state index is 0.409. The van der Waals surface area contributed by atoms with Gasteiger partial charge in [-0.3, -0.25) is 19.6 Å². The lowest BCUT2D eigenvalue weighted by molar-refractivity contribution is 0.240. The van der Waals surface area contributed by atoms with E-state index in [1.165, 1.54) is 13.5 Å². The van der Waals surface area contributed by atoms with E-state index >= 15 is 0 Å².